The number of fused-ring (bicyclic) bond motifs is 3. The third-order valence-electron chi connectivity index (χ3n) is 6.13. The van der Waals surface area contributed by atoms with E-state index in [1.807, 2.05) is 16.9 Å². The number of rotatable bonds is 3. The molecule has 0 bridgehead atoms. The van der Waals surface area contributed by atoms with Crippen LogP contribution in [0, 0.1) is 5.92 Å². The summed E-state index contributed by atoms with van der Waals surface area (Å²) in [6, 6.07) is 10.9. The molecule has 1 saturated heterocycles. The van der Waals surface area contributed by atoms with Crippen LogP contribution < -0.4 is 10.6 Å². The number of benzene rings is 1. The number of hydrogen-bond donors (Lipinski definition) is 2. The van der Waals surface area contributed by atoms with Crippen LogP contribution in [0.4, 0.5) is 0 Å². The predicted molar refractivity (Wildman–Crippen MR) is 90.6 cm³/mol. The maximum absolute atomic E-state index is 13.2. The van der Waals surface area contributed by atoms with E-state index in [0.29, 0.717) is 17.9 Å². The smallest absolute Gasteiger partial charge is 0.248 e. The van der Waals surface area contributed by atoms with Gasteiger partial charge in [-0.2, -0.15) is 5.10 Å². The lowest BCUT2D eigenvalue weighted by Crippen LogP contribution is -2.55. The van der Waals surface area contributed by atoms with E-state index in [0.717, 1.165) is 32.4 Å². The molecule has 3 unspecified atom stereocenters. The van der Waals surface area contributed by atoms with E-state index in [4.69, 9.17) is 0 Å². The monoisotopic (exact) mass is 322 g/mol. The molecule has 1 aromatic heterocycles. The first-order chi connectivity index (χ1) is 11.8. The summed E-state index contributed by atoms with van der Waals surface area (Å²) in [6.07, 6.45) is 6.37. The lowest BCUT2D eigenvalue weighted by Gasteiger charge is -2.36. The van der Waals surface area contributed by atoms with Gasteiger partial charge in [0.05, 0.1) is 0 Å². The van der Waals surface area contributed by atoms with Gasteiger partial charge in [0.15, 0.2) is 0 Å². The van der Waals surface area contributed by atoms with Gasteiger partial charge in [0.2, 0.25) is 5.91 Å². The largest absolute Gasteiger partial charge is 0.350 e. The summed E-state index contributed by atoms with van der Waals surface area (Å²) in [4.78, 5) is 13.2. The summed E-state index contributed by atoms with van der Waals surface area (Å²) in [5.41, 5.74) is 2.36. The fraction of sp³-hybridized carbons (Fsp3) is 0.474. The lowest BCUT2D eigenvalue weighted by molar-refractivity contribution is -0.132. The van der Waals surface area contributed by atoms with Crippen LogP contribution in [0.3, 0.4) is 0 Å². The molecule has 3 aliphatic rings. The van der Waals surface area contributed by atoms with Crippen molar-refractivity contribution in [1.82, 2.24) is 20.4 Å². The minimum absolute atomic E-state index is 0.143. The summed E-state index contributed by atoms with van der Waals surface area (Å²) in [5, 5.41) is 11.1. The Hall–Kier alpha value is -2.14. The van der Waals surface area contributed by atoms with E-state index in [1.165, 1.54) is 11.1 Å². The summed E-state index contributed by atoms with van der Waals surface area (Å²) in [7, 11) is 0. The molecule has 5 heteroatoms. The highest BCUT2D eigenvalue weighted by Crippen LogP contribution is 2.56. The molecule has 5 rings (SSSR count). The fourth-order valence-electron chi connectivity index (χ4n) is 4.76. The van der Waals surface area contributed by atoms with E-state index in [1.54, 1.807) is 6.20 Å². The standard InChI is InChI=1S/C19H22N4O/c24-18(19(6-9-20-10-7-19)23-11-3-8-21-23)22-17-15-12-13-4-1-2-5-14(13)16(15)17/h1-5,8,11,15-17,20H,6-7,9-10,12H2,(H,22,24). The average molecular weight is 322 g/mol. The highest BCUT2D eigenvalue weighted by molar-refractivity contribution is 5.85. The Labute approximate surface area is 141 Å². The first-order valence-electron chi connectivity index (χ1n) is 8.89. The van der Waals surface area contributed by atoms with Gasteiger partial charge in [0.1, 0.15) is 5.54 Å². The van der Waals surface area contributed by atoms with Crippen LogP contribution in [0.25, 0.3) is 0 Å². The minimum atomic E-state index is -0.537. The van der Waals surface area contributed by atoms with E-state index in [2.05, 4.69) is 40.0 Å². The van der Waals surface area contributed by atoms with Crippen molar-refractivity contribution in [2.75, 3.05) is 13.1 Å². The molecule has 5 nitrogen and oxygen atoms in total. The topological polar surface area (TPSA) is 59.0 Å². The molecule has 124 valence electrons. The van der Waals surface area contributed by atoms with Crippen LogP contribution in [-0.4, -0.2) is 34.8 Å². The number of piperidine rings is 1. The molecule has 2 aromatic rings. The summed E-state index contributed by atoms with van der Waals surface area (Å²) in [5.74, 6) is 1.24. The Balaban J connectivity index is 1.37. The normalized spacial score (nSPS) is 29.6. The Kier molecular flexibility index (Phi) is 3.07. The average Bonchev–Trinajstić information content (AvgIpc) is 3.03. The quantitative estimate of drug-likeness (QED) is 0.898. The van der Waals surface area contributed by atoms with E-state index in [9.17, 15) is 4.79 Å². The van der Waals surface area contributed by atoms with Crippen LogP contribution in [-0.2, 0) is 16.8 Å². The second-order valence-corrected chi connectivity index (χ2v) is 7.32. The highest BCUT2D eigenvalue weighted by Gasteiger charge is 2.57. The van der Waals surface area contributed by atoms with Gasteiger partial charge in [-0.15, -0.1) is 0 Å². The molecule has 0 radical (unpaired) electrons. The summed E-state index contributed by atoms with van der Waals surface area (Å²) >= 11 is 0. The molecule has 1 saturated carbocycles. The minimum Gasteiger partial charge on any atom is -0.350 e. The molecular weight excluding hydrogens is 300 g/mol. The van der Waals surface area contributed by atoms with Crippen molar-refractivity contribution in [2.24, 2.45) is 5.92 Å². The second kappa shape index (κ2) is 5.18. The van der Waals surface area contributed by atoms with Gasteiger partial charge in [-0.05, 0) is 55.5 Å². The van der Waals surface area contributed by atoms with Crippen molar-refractivity contribution in [2.45, 2.75) is 36.8 Å². The van der Waals surface area contributed by atoms with Crippen LogP contribution in [0.15, 0.2) is 42.7 Å². The van der Waals surface area contributed by atoms with Gasteiger partial charge in [-0.1, -0.05) is 24.3 Å². The van der Waals surface area contributed by atoms with E-state index in [-0.39, 0.29) is 5.91 Å². The molecule has 1 aliphatic heterocycles. The van der Waals surface area contributed by atoms with Gasteiger partial charge in [-0.25, -0.2) is 0 Å². The predicted octanol–water partition coefficient (Wildman–Crippen LogP) is 1.42. The van der Waals surface area contributed by atoms with Gasteiger partial charge in [0, 0.05) is 24.4 Å². The number of carbonyl (C=O) groups is 1. The molecule has 1 aromatic carbocycles. The van der Waals surface area contributed by atoms with E-state index >= 15 is 0 Å². The fourth-order valence-corrected chi connectivity index (χ4v) is 4.76. The molecule has 2 heterocycles. The molecule has 24 heavy (non-hydrogen) atoms. The molecule has 2 N–H and O–H groups in total. The van der Waals surface area contributed by atoms with Crippen LogP contribution in [0.1, 0.15) is 29.9 Å². The van der Waals surface area contributed by atoms with E-state index < -0.39 is 5.54 Å². The molecule has 2 fully saturated rings. The number of hydrogen-bond acceptors (Lipinski definition) is 3. The molecular formula is C19H22N4O. The lowest BCUT2D eigenvalue weighted by atomic mass is 9.87. The molecule has 1 amide bonds. The zero-order chi connectivity index (χ0) is 16.1. The Morgan fingerprint density at radius 1 is 1.25 bits per heavy atom. The number of aromatic nitrogens is 2. The van der Waals surface area contributed by atoms with Crippen molar-refractivity contribution in [3.05, 3.63) is 53.9 Å². The zero-order valence-corrected chi connectivity index (χ0v) is 13.6. The maximum atomic E-state index is 13.2. The third kappa shape index (κ3) is 1.97. The molecule has 2 aliphatic carbocycles. The molecule has 3 atom stereocenters. The van der Waals surface area contributed by atoms with Gasteiger partial charge < -0.3 is 10.6 Å². The Morgan fingerprint density at radius 2 is 2.08 bits per heavy atom. The number of amides is 1. The highest BCUT2D eigenvalue weighted by atomic mass is 16.2. The van der Waals surface area contributed by atoms with Crippen LogP contribution >= 0.6 is 0 Å². The number of carbonyl (C=O) groups excluding carboxylic acids is 1. The first-order valence-corrected chi connectivity index (χ1v) is 8.89. The second-order valence-electron chi connectivity index (χ2n) is 7.32. The summed E-state index contributed by atoms with van der Waals surface area (Å²) < 4.78 is 1.87. The Bertz CT molecular complexity index is 763. The van der Waals surface area contributed by atoms with Crippen LogP contribution in [0.5, 0.6) is 0 Å². The third-order valence-corrected chi connectivity index (χ3v) is 6.13. The number of nitrogens with one attached hydrogen (secondary N) is 2. The van der Waals surface area contributed by atoms with Gasteiger partial charge in [-0.3, -0.25) is 9.48 Å². The van der Waals surface area contributed by atoms with Crippen molar-refractivity contribution in [1.29, 1.82) is 0 Å². The van der Waals surface area contributed by atoms with Gasteiger partial charge in [0.25, 0.3) is 0 Å². The van der Waals surface area contributed by atoms with Crippen LogP contribution in [0.2, 0.25) is 0 Å². The Morgan fingerprint density at radius 3 is 2.88 bits per heavy atom. The summed E-state index contributed by atoms with van der Waals surface area (Å²) in [6.45, 7) is 1.71. The van der Waals surface area contributed by atoms with Gasteiger partial charge >= 0.3 is 0 Å². The van der Waals surface area contributed by atoms with Crippen molar-refractivity contribution < 1.29 is 4.79 Å². The molecule has 0 spiro atoms. The zero-order valence-electron chi connectivity index (χ0n) is 13.6. The van der Waals surface area contributed by atoms with Crippen molar-refractivity contribution >= 4 is 5.91 Å². The SMILES string of the molecule is O=C(NC1C2Cc3ccccc3C21)C1(n2cccn2)CCNCC1. The number of nitrogens with zero attached hydrogens (tertiary/aromatic N) is 2. The van der Waals surface area contributed by atoms with Crippen molar-refractivity contribution in [3.8, 4) is 0 Å². The maximum Gasteiger partial charge on any atom is 0.248 e. The first kappa shape index (κ1) is 14.2. The van der Waals surface area contributed by atoms with Crippen molar-refractivity contribution in [3.63, 3.8) is 0 Å².